The molecule has 2 aromatic rings. The van der Waals surface area contributed by atoms with Crippen molar-refractivity contribution in [3.8, 4) is 0 Å². The predicted molar refractivity (Wildman–Crippen MR) is 103 cm³/mol. The molecule has 0 saturated heterocycles. The number of nitrogens with zero attached hydrogens (tertiary/aromatic N) is 2. The summed E-state index contributed by atoms with van der Waals surface area (Å²) in [6.45, 7) is 0.102. The van der Waals surface area contributed by atoms with Crippen molar-refractivity contribution in [1.29, 1.82) is 0 Å². The van der Waals surface area contributed by atoms with Crippen LogP contribution < -0.4 is 5.32 Å². The highest BCUT2D eigenvalue weighted by molar-refractivity contribution is 7.89. The summed E-state index contributed by atoms with van der Waals surface area (Å²) in [6, 6.07) is 6.88. The van der Waals surface area contributed by atoms with Gasteiger partial charge < -0.3 is 10.1 Å². The van der Waals surface area contributed by atoms with E-state index in [0.717, 1.165) is 31.1 Å². The monoisotopic (exact) mass is 391 g/mol. The Morgan fingerprint density at radius 1 is 1.30 bits per heavy atom. The first kappa shape index (κ1) is 19.7. The molecular weight excluding hydrogens is 366 g/mol. The molecule has 1 aromatic heterocycles. The van der Waals surface area contributed by atoms with Crippen molar-refractivity contribution in [1.82, 2.24) is 14.6 Å². The molecule has 0 atom stereocenters. The lowest BCUT2D eigenvalue weighted by Crippen LogP contribution is -2.44. The van der Waals surface area contributed by atoms with Crippen molar-refractivity contribution in [3.05, 3.63) is 36.7 Å². The molecule has 0 bridgehead atoms. The van der Waals surface area contributed by atoms with E-state index in [2.05, 4.69) is 10.3 Å². The molecule has 146 valence electrons. The average Bonchev–Trinajstić information content (AvgIpc) is 3.17. The molecule has 0 aliphatic heterocycles. The van der Waals surface area contributed by atoms with Crippen LogP contribution in [-0.4, -0.2) is 56.5 Å². The Hall–Kier alpha value is -2.03. The maximum absolute atomic E-state index is 13.3. The second-order valence-electron chi connectivity index (χ2n) is 6.73. The number of hydrogen-bond donors (Lipinski definition) is 1. The molecule has 1 aliphatic rings. The van der Waals surface area contributed by atoms with Gasteiger partial charge in [0.1, 0.15) is 0 Å². The number of carbonyl (C=O) groups excluding carboxylic acids is 1. The first-order chi connectivity index (χ1) is 13.0. The fourth-order valence-corrected chi connectivity index (χ4v) is 5.03. The average molecular weight is 391 g/mol. The number of hydrogen-bond acceptors (Lipinski definition) is 5. The van der Waals surface area contributed by atoms with Crippen molar-refractivity contribution in [3.63, 3.8) is 0 Å². The third kappa shape index (κ3) is 4.63. The Balaban J connectivity index is 1.86. The van der Waals surface area contributed by atoms with Gasteiger partial charge in [-0.1, -0.05) is 25.0 Å². The van der Waals surface area contributed by atoms with Gasteiger partial charge in [0.05, 0.1) is 18.0 Å². The molecule has 1 saturated carbocycles. The molecule has 3 rings (SSSR count). The summed E-state index contributed by atoms with van der Waals surface area (Å²) in [5, 5.41) is 4.28. The highest BCUT2D eigenvalue weighted by Crippen LogP contribution is 2.25. The Morgan fingerprint density at radius 2 is 2.07 bits per heavy atom. The molecule has 1 heterocycles. The SMILES string of the molecule is COCCN(CC(=O)NC1CCCC1)S(=O)(=O)c1cccc2cnccc12. The molecular formula is C19H25N3O4S. The third-order valence-corrected chi connectivity index (χ3v) is 6.75. The van der Waals surface area contributed by atoms with Crippen LogP contribution in [0.1, 0.15) is 25.7 Å². The molecule has 1 aromatic carbocycles. The van der Waals surface area contributed by atoms with Crippen LogP contribution in [0.15, 0.2) is 41.6 Å². The summed E-state index contributed by atoms with van der Waals surface area (Å²) in [4.78, 5) is 16.7. The van der Waals surface area contributed by atoms with Gasteiger partial charge in [-0.25, -0.2) is 8.42 Å². The Kier molecular flexibility index (Phi) is 6.41. The molecule has 7 nitrogen and oxygen atoms in total. The zero-order chi connectivity index (χ0) is 19.3. The number of carbonyl (C=O) groups is 1. The first-order valence-electron chi connectivity index (χ1n) is 9.13. The zero-order valence-electron chi connectivity index (χ0n) is 15.4. The highest BCUT2D eigenvalue weighted by atomic mass is 32.2. The number of nitrogens with one attached hydrogen (secondary N) is 1. The summed E-state index contributed by atoms with van der Waals surface area (Å²) in [5.41, 5.74) is 0. The summed E-state index contributed by atoms with van der Waals surface area (Å²) in [5.74, 6) is -0.275. The van der Waals surface area contributed by atoms with Gasteiger partial charge in [-0.2, -0.15) is 4.31 Å². The van der Waals surface area contributed by atoms with Crippen LogP contribution in [0.2, 0.25) is 0 Å². The second-order valence-corrected chi connectivity index (χ2v) is 8.64. The predicted octanol–water partition coefficient (Wildman–Crippen LogP) is 1.93. The van der Waals surface area contributed by atoms with E-state index < -0.39 is 10.0 Å². The van der Waals surface area contributed by atoms with Gasteiger partial charge >= 0.3 is 0 Å². The van der Waals surface area contributed by atoms with Crippen LogP contribution in [0.25, 0.3) is 10.8 Å². The van der Waals surface area contributed by atoms with E-state index in [1.807, 2.05) is 6.07 Å². The van der Waals surface area contributed by atoms with Crippen LogP contribution in [0.5, 0.6) is 0 Å². The van der Waals surface area contributed by atoms with E-state index in [0.29, 0.717) is 5.39 Å². The van der Waals surface area contributed by atoms with E-state index in [1.54, 1.807) is 30.6 Å². The van der Waals surface area contributed by atoms with Crippen molar-refractivity contribution in [2.45, 2.75) is 36.6 Å². The van der Waals surface area contributed by atoms with Gasteiger partial charge in [0.25, 0.3) is 0 Å². The largest absolute Gasteiger partial charge is 0.383 e. The number of sulfonamides is 1. The summed E-state index contributed by atoms with van der Waals surface area (Å²) in [6.07, 6.45) is 7.29. The lowest BCUT2D eigenvalue weighted by Gasteiger charge is -2.23. The number of amides is 1. The number of aromatic nitrogens is 1. The van der Waals surface area contributed by atoms with E-state index in [1.165, 1.54) is 11.4 Å². The van der Waals surface area contributed by atoms with E-state index >= 15 is 0 Å². The van der Waals surface area contributed by atoms with Crippen LogP contribution in [0, 0.1) is 0 Å². The minimum absolute atomic E-state index is 0.110. The molecule has 8 heteroatoms. The van der Waals surface area contributed by atoms with Crippen LogP contribution in [0.3, 0.4) is 0 Å². The Labute approximate surface area is 159 Å². The lowest BCUT2D eigenvalue weighted by molar-refractivity contribution is -0.122. The number of ether oxygens (including phenoxy) is 1. The van der Waals surface area contributed by atoms with Crippen LogP contribution >= 0.6 is 0 Å². The van der Waals surface area contributed by atoms with Gasteiger partial charge in [-0.15, -0.1) is 0 Å². The van der Waals surface area contributed by atoms with Crippen LogP contribution in [0.4, 0.5) is 0 Å². The summed E-state index contributed by atoms with van der Waals surface area (Å²) >= 11 is 0. The topological polar surface area (TPSA) is 88.6 Å². The molecule has 1 N–H and O–H groups in total. The van der Waals surface area contributed by atoms with Crippen molar-refractivity contribution < 1.29 is 17.9 Å². The minimum Gasteiger partial charge on any atom is -0.383 e. The minimum atomic E-state index is -3.86. The Morgan fingerprint density at radius 3 is 2.81 bits per heavy atom. The standard InChI is InChI=1S/C19H25N3O4S/c1-26-12-11-22(14-19(23)21-16-6-2-3-7-16)27(24,25)18-8-4-5-15-13-20-10-9-17(15)18/h4-5,8-10,13,16H,2-3,6-7,11-12,14H2,1H3,(H,21,23). The van der Waals surface area contributed by atoms with Gasteiger partial charge in [0, 0.05) is 42.9 Å². The molecule has 0 radical (unpaired) electrons. The highest BCUT2D eigenvalue weighted by Gasteiger charge is 2.29. The molecule has 1 amide bonds. The summed E-state index contributed by atoms with van der Waals surface area (Å²) < 4.78 is 32.8. The van der Waals surface area contributed by atoms with E-state index in [4.69, 9.17) is 4.74 Å². The van der Waals surface area contributed by atoms with Crippen molar-refractivity contribution >= 4 is 26.7 Å². The number of benzene rings is 1. The van der Waals surface area contributed by atoms with Gasteiger partial charge in [0.2, 0.25) is 15.9 Å². The molecule has 27 heavy (non-hydrogen) atoms. The number of fused-ring (bicyclic) bond motifs is 1. The van der Waals surface area contributed by atoms with Crippen molar-refractivity contribution in [2.24, 2.45) is 0 Å². The fourth-order valence-electron chi connectivity index (χ4n) is 3.44. The van der Waals surface area contributed by atoms with Crippen LogP contribution in [-0.2, 0) is 19.6 Å². The van der Waals surface area contributed by atoms with Gasteiger partial charge in [0.15, 0.2) is 0 Å². The Bertz CT molecular complexity index is 889. The fraction of sp³-hybridized carbons (Fsp3) is 0.474. The maximum atomic E-state index is 13.3. The number of methoxy groups -OCH3 is 1. The third-order valence-electron chi connectivity index (χ3n) is 4.84. The molecule has 0 spiro atoms. The lowest BCUT2D eigenvalue weighted by atomic mass is 10.2. The maximum Gasteiger partial charge on any atom is 0.244 e. The van der Waals surface area contributed by atoms with E-state index in [9.17, 15) is 13.2 Å². The normalized spacial score (nSPS) is 15.5. The molecule has 1 fully saturated rings. The van der Waals surface area contributed by atoms with Crippen molar-refractivity contribution in [2.75, 3.05) is 26.8 Å². The number of pyridine rings is 1. The smallest absolute Gasteiger partial charge is 0.244 e. The quantitative estimate of drug-likeness (QED) is 0.743. The van der Waals surface area contributed by atoms with E-state index in [-0.39, 0.29) is 36.5 Å². The molecule has 1 aliphatic carbocycles. The number of rotatable bonds is 8. The first-order valence-corrected chi connectivity index (χ1v) is 10.6. The second kappa shape index (κ2) is 8.77. The van der Waals surface area contributed by atoms with Gasteiger partial charge in [-0.05, 0) is 25.0 Å². The molecule has 0 unspecified atom stereocenters. The van der Waals surface area contributed by atoms with Gasteiger partial charge in [-0.3, -0.25) is 9.78 Å². The summed E-state index contributed by atoms with van der Waals surface area (Å²) in [7, 11) is -2.36. The zero-order valence-corrected chi connectivity index (χ0v) is 16.2.